The molecular formula is C22H23NO4. The Kier molecular flexibility index (Phi) is 4.75. The van der Waals surface area contributed by atoms with Gasteiger partial charge in [0.05, 0.1) is 19.3 Å². The third-order valence-electron chi connectivity index (χ3n) is 5.00. The normalized spacial score (nSPS) is 15.2. The van der Waals surface area contributed by atoms with Gasteiger partial charge in [-0.05, 0) is 48.7 Å². The van der Waals surface area contributed by atoms with Crippen molar-refractivity contribution in [3.63, 3.8) is 0 Å². The Balaban J connectivity index is 1.56. The van der Waals surface area contributed by atoms with Crippen LogP contribution in [0.15, 0.2) is 42.0 Å². The van der Waals surface area contributed by atoms with Gasteiger partial charge in [-0.3, -0.25) is 4.79 Å². The SMILES string of the molecule is CCOc1cccc2c1OCC(C(=O)N1CCc3ccc(OC)cc3C1)=C2. The second kappa shape index (κ2) is 7.35. The van der Waals surface area contributed by atoms with E-state index in [1.54, 1.807) is 7.11 Å². The molecule has 2 aromatic carbocycles. The van der Waals surface area contributed by atoms with Gasteiger partial charge in [0, 0.05) is 18.7 Å². The lowest BCUT2D eigenvalue weighted by Crippen LogP contribution is -2.38. The smallest absolute Gasteiger partial charge is 0.253 e. The van der Waals surface area contributed by atoms with Crippen molar-refractivity contribution in [2.24, 2.45) is 0 Å². The largest absolute Gasteiger partial charge is 0.497 e. The highest BCUT2D eigenvalue weighted by Crippen LogP contribution is 2.36. The van der Waals surface area contributed by atoms with Gasteiger partial charge < -0.3 is 19.1 Å². The number of hydrogen-bond donors (Lipinski definition) is 0. The molecule has 0 N–H and O–H groups in total. The summed E-state index contributed by atoms with van der Waals surface area (Å²) in [6.07, 6.45) is 2.77. The molecule has 0 aromatic heterocycles. The summed E-state index contributed by atoms with van der Waals surface area (Å²) in [6, 6.07) is 11.8. The molecule has 0 aliphatic carbocycles. The highest BCUT2D eigenvalue weighted by atomic mass is 16.5. The molecule has 0 unspecified atom stereocenters. The Hall–Kier alpha value is -2.95. The predicted octanol–water partition coefficient (Wildman–Crippen LogP) is 3.45. The molecule has 0 saturated heterocycles. The second-order valence-corrected chi connectivity index (χ2v) is 6.68. The fourth-order valence-electron chi connectivity index (χ4n) is 3.61. The molecule has 0 bridgehead atoms. The van der Waals surface area contributed by atoms with Crippen LogP contribution >= 0.6 is 0 Å². The van der Waals surface area contributed by atoms with Gasteiger partial charge in [-0.2, -0.15) is 0 Å². The lowest BCUT2D eigenvalue weighted by molar-refractivity contribution is -0.128. The summed E-state index contributed by atoms with van der Waals surface area (Å²) < 4.78 is 16.8. The van der Waals surface area contributed by atoms with Crippen LogP contribution in [-0.4, -0.2) is 37.7 Å². The van der Waals surface area contributed by atoms with Crippen LogP contribution in [0.3, 0.4) is 0 Å². The quantitative estimate of drug-likeness (QED) is 0.833. The van der Waals surface area contributed by atoms with Crippen LogP contribution in [0.5, 0.6) is 17.2 Å². The molecule has 0 fully saturated rings. The number of carbonyl (C=O) groups is 1. The van der Waals surface area contributed by atoms with Crippen LogP contribution in [-0.2, 0) is 17.8 Å². The first-order valence-corrected chi connectivity index (χ1v) is 9.24. The minimum Gasteiger partial charge on any atom is -0.497 e. The number of methoxy groups -OCH3 is 1. The van der Waals surface area contributed by atoms with Gasteiger partial charge in [-0.15, -0.1) is 0 Å². The number of ether oxygens (including phenoxy) is 3. The van der Waals surface area contributed by atoms with E-state index in [0.29, 0.717) is 31.0 Å². The van der Waals surface area contributed by atoms with Gasteiger partial charge in [0.15, 0.2) is 11.5 Å². The molecule has 2 aliphatic rings. The number of para-hydroxylation sites is 1. The van der Waals surface area contributed by atoms with Gasteiger partial charge in [0.1, 0.15) is 12.4 Å². The topological polar surface area (TPSA) is 48.0 Å². The summed E-state index contributed by atoms with van der Waals surface area (Å²) in [6.45, 7) is 4.08. The summed E-state index contributed by atoms with van der Waals surface area (Å²) in [5.41, 5.74) is 3.97. The van der Waals surface area contributed by atoms with E-state index in [1.807, 2.05) is 48.2 Å². The van der Waals surface area contributed by atoms with E-state index < -0.39 is 0 Å². The number of hydrogen-bond acceptors (Lipinski definition) is 4. The van der Waals surface area contributed by atoms with Gasteiger partial charge in [-0.1, -0.05) is 18.2 Å². The second-order valence-electron chi connectivity index (χ2n) is 6.68. The maximum absolute atomic E-state index is 13.1. The van der Waals surface area contributed by atoms with Crippen molar-refractivity contribution in [3.8, 4) is 17.2 Å². The maximum atomic E-state index is 13.1. The first-order chi connectivity index (χ1) is 13.2. The first-order valence-electron chi connectivity index (χ1n) is 9.24. The number of carbonyl (C=O) groups excluding carboxylic acids is 1. The summed E-state index contributed by atoms with van der Waals surface area (Å²) in [5, 5.41) is 0. The number of benzene rings is 2. The van der Waals surface area contributed by atoms with Gasteiger partial charge in [0.25, 0.3) is 5.91 Å². The summed E-state index contributed by atoms with van der Waals surface area (Å²) in [5.74, 6) is 2.28. The minimum absolute atomic E-state index is 0.0240. The first kappa shape index (κ1) is 17.5. The highest BCUT2D eigenvalue weighted by molar-refractivity contribution is 5.99. The Morgan fingerprint density at radius 3 is 2.93 bits per heavy atom. The molecule has 4 rings (SSSR count). The maximum Gasteiger partial charge on any atom is 0.253 e. The van der Waals surface area contributed by atoms with Gasteiger partial charge in [-0.25, -0.2) is 0 Å². The summed E-state index contributed by atoms with van der Waals surface area (Å²) in [7, 11) is 1.66. The number of nitrogens with zero attached hydrogens (tertiary/aromatic N) is 1. The van der Waals surface area contributed by atoms with Gasteiger partial charge in [0.2, 0.25) is 0 Å². The molecule has 5 heteroatoms. The lowest BCUT2D eigenvalue weighted by atomic mass is 9.98. The average molecular weight is 365 g/mol. The van der Waals surface area contributed by atoms with Crippen LogP contribution in [0.4, 0.5) is 0 Å². The van der Waals surface area contributed by atoms with E-state index in [-0.39, 0.29) is 12.5 Å². The molecule has 27 heavy (non-hydrogen) atoms. The van der Waals surface area contributed by atoms with E-state index >= 15 is 0 Å². The molecule has 1 amide bonds. The molecule has 0 radical (unpaired) electrons. The van der Waals surface area contributed by atoms with Crippen LogP contribution in [0.2, 0.25) is 0 Å². The van der Waals surface area contributed by atoms with E-state index in [1.165, 1.54) is 5.56 Å². The Labute approximate surface area is 159 Å². The lowest BCUT2D eigenvalue weighted by Gasteiger charge is -2.31. The Morgan fingerprint density at radius 2 is 2.11 bits per heavy atom. The monoisotopic (exact) mass is 365 g/mol. The predicted molar refractivity (Wildman–Crippen MR) is 103 cm³/mol. The molecular weight excluding hydrogens is 342 g/mol. The summed E-state index contributed by atoms with van der Waals surface area (Å²) in [4.78, 5) is 14.9. The van der Waals surface area contributed by atoms with E-state index in [2.05, 4.69) is 6.07 Å². The molecule has 2 aromatic rings. The highest BCUT2D eigenvalue weighted by Gasteiger charge is 2.26. The van der Waals surface area contributed by atoms with Crippen LogP contribution in [0, 0.1) is 0 Å². The van der Waals surface area contributed by atoms with E-state index in [4.69, 9.17) is 14.2 Å². The van der Waals surface area contributed by atoms with Crippen molar-refractivity contribution in [1.82, 2.24) is 4.90 Å². The summed E-state index contributed by atoms with van der Waals surface area (Å²) >= 11 is 0. The molecule has 2 heterocycles. The van der Waals surface area contributed by atoms with E-state index in [9.17, 15) is 4.79 Å². The molecule has 2 aliphatic heterocycles. The van der Waals surface area contributed by atoms with Crippen molar-refractivity contribution < 1.29 is 19.0 Å². The van der Waals surface area contributed by atoms with Crippen molar-refractivity contribution in [2.45, 2.75) is 19.9 Å². The van der Waals surface area contributed by atoms with Crippen molar-refractivity contribution >= 4 is 12.0 Å². The third kappa shape index (κ3) is 3.37. The number of amides is 1. The fourth-order valence-corrected chi connectivity index (χ4v) is 3.61. The average Bonchev–Trinajstić information content (AvgIpc) is 2.72. The zero-order valence-corrected chi connectivity index (χ0v) is 15.7. The molecule has 140 valence electrons. The van der Waals surface area contributed by atoms with E-state index in [0.717, 1.165) is 29.0 Å². The zero-order chi connectivity index (χ0) is 18.8. The van der Waals surface area contributed by atoms with Crippen LogP contribution in [0.1, 0.15) is 23.6 Å². The number of rotatable bonds is 4. The molecule has 0 saturated carbocycles. The van der Waals surface area contributed by atoms with Crippen molar-refractivity contribution in [2.75, 3.05) is 26.9 Å². The van der Waals surface area contributed by atoms with Crippen molar-refractivity contribution in [1.29, 1.82) is 0 Å². The Bertz CT molecular complexity index is 903. The third-order valence-corrected chi connectivity index (χ3v) is 5.00. The standard InChI is InChI=1S/C22H23NO4/c1-3-26-20-6-4-5-16-11-18(14-27-21(16)20)22(24)23-10-9-15-7-8-19(25-2)12-17(15)13-23/h4-8,11-12H,3,9-10,13-14H2,1-2H3. The number of fused-ring (bicyclic) bond motifs is 2. The molecule has 0 spiro atoms. The zero-order valence-electron chi connectivity index (χ0n) is 15.7. The van der Waals surface area contributed by atoms with Crippen LogP contribution < -0.4 is 14.2 Å². The van der Waals surface area contributed by atoms with Gasteiger partial charge >= 0.3 is 0 Å². The Morgan fingerprint density at radius 1 is 1.22 bits per heavy atom. The fraction of sp³-hybridized carbons (Fsp3) is 0.318. The minimum atomic E-state index is 0.0240. The molecule has 5 nitrogen and oxygen atoms in total. The van der Waals surface area contributed by atoms with Crippen molar-refractivity contribution in [3.05, 3.63) is 58.7 Å². The molecule has 0 atom stereocenters. The van der Waals surface area contributed by atoms with Crippen LogP contribution in [0.25, 0.3) is 6.08 Å².